The minimum atomic E-state index is -0.819. The van der Waals surface area contributed by atoms with E-state index in [2.05, 4.69) is 5.32 Å². The fourth-order valence-corrected chi connectivity index (χ4v) is 2.61. The summed E-state index contributed by atoms with van der Waals surface area (Å²) in [5.74, 6) is -1.79. The number of amides is 1. The van der Waals surface area contributed by atoms with Crippen molar-refractivity contribution < 1.29 is 19.1 Å². The van der Waals surface area contributed by atoms with Crippen LogP contribution in [0.2, 0.25) is 0 Å². The monoisotopic (exact) mass is 279 g/mol. The van der Waals surface area contributed by atoms with Crippen LogP contribution in [0.5, 0.6) is 0 Å². The van der Waals surface area contributed by atoms with Crippen molar-refractivity contribution >= 4 is 11.9 Å². The van der Waals surface area contributed by atoms with Gasteiger partial charge in [0, 0.05) is 12.5 Å². The first kappa shape index (κ1) is 14.5. The van der Waals surface area contributed by atoms with Gasteiger partial charge in [0.05, 0.1) is 5.92 Å². The quantitative estimate of drug-likeness (QED) is 0.866. The van der Waals surface area contributed by atoms with Crippen molar-refractivity contribution in [3.05, 3.63) is 35.6 Å². The van der Waals surface area contributed by atoms with Gasteiger partial charge in [0.1, 0.15) is 5.82 Å². The summed E-state index contributed by atoms with van der Waals surface area (Å²) >= 11 is 0. The maximum absolute atomic E-state index is 13.0. The number of carbonyl (C=O) groups excluding carboxylic acids is 1. The third-order valence-electron chi connectivity index (χ3n) is 3.75. The molecule has 0 bridgehead atoms. The highest BCUT2D eigenvalue weighted by atomic mass is 19.1. The molecule has 0 heterocycles. The highest BCUT2D eigenvalue weighted by molar-refractivity contribution is 5.80. The maximum atomic E-state index is 13.0. The number of carboxylic acid groups (broad SMARTS) is 1. The summed E-state index contributed by atoms with van der Waals surface area (Å²) in [6, 6.07) is 6.28. The lowest BCUT2D eigenvalue weighted by Gasteiger charge is -2.10. The Morgan fingerprint density at radius 1 is 1.30 bits per heavy atom. The van der Waals surface area contributed by atoms with E-state index in [0.29, 0.717) is 32.2 Å². The minimum Gasteiger partial charge on any atom is -0.481 e. The molecular weight excluding hydrogens is 261 g/mol. The number of benzene rings is 1. The van der Waals surface area contributed by atoms with E-state index < -0.39 is 11.9 Å². The van der Waals surface area contributed by atoms with E-state index >= 15 is 0 Å². The van der Waals surface area contributed by atoms with Gasteiger partial charge in [-0.15, -0.1) is 0 Å². The fraction of sp³-hybridized carbons (Fsp3) is 0.467. The Bertz CT molecular complexity index is 504. The van der Waals surface area contributed by atoms with Gasteiger partial charge in [0.25, 0.3) is 0 Å². The Morgan fingerprint density at radius 2 is 2.05 bits per heavy atom. The van der Waals surface area contributed by atoms with Crippen LogP contribution in [0.1, 0.15) is 24.8 Å². The van der Waals surface area contributed by atoms with Gasteiger partial charge in [-0.25, -0.2) is 4.39 Å². The molecule has 1 aliphatic carbocycles. The van der Waals surface area contributed by atoms with E-state index in [0.717, 1.165) is 5.56 Å². The molecule has 0 radical (unpaired) electrons. The van der Waals surface area contributed by atoms with E-state index in [4.69, 9.17) is 5.11 Å². The number of rotatable bonds is 5. The van der Waals surface area contributed by atoms with Crippen molar-refractivity contribution in [1.29, 1.82) is 0 Å². The molecule has 0 saturated heterocycles. The van der Waals surface area contributed by atoms with Crippen LogP contribution < -0.4 is 5.32 Å². The molecule has 2 atom stereocenters. The fourth-order valence-electron chi connectivity index (χ4n) is 2.61. The highest BCUT2D eigenvalue weighted by Gasteiger charge is 2.33. The van der Waals surface area contributed by atoms with Crippen LogP contribution in [0.3, 0.4) is 0 Å². The van der Waals surface area contributed by atoms with Crippen molar-refractivity contribution in [1.82, 2.24) is 5.32 Å². The topological polar surface area (TPSA) is 66.4 Å². The van der Waals surface area contributed by atoms with Crippen LogP contribution in [0.25, 0.3) is 0 Å². The number of carbonyl (C=O) groups is 2. The lowest BCUT2D eigenvalue weighted by molar-refractivity contribution is -0.141. The molecule has 0 aromatic heterocycles. The van der Waals surface area contributed by atoms with Gasteiger partial charge < -0.3 is 10.4 Å². The van der Waals surface area contributed by atoms with Crippen molar-refractivity contribution in [3.63, 3.8) is 0 Å². The summed E-state index contributed by atoms with van der Waals surface area (Å²) in [6.45, 7) is 0.441. The van der Waals surface area contributed by atoms with Crippen LogP contribution >= 0.6 is 0 Å². The molecule has 1 aromatic rings. The number of aliphatic carboxylic acids is 1. The van der Waals surface area contributed by atoms with Gasteiger partial charge in [-0.2, -0.15) is 0 Å². The summed E-state index contributed by atoms with van der Waals surface area (Å²) in [4.78, 5) is 22.7. The molecule has 0 aliphatic heterocycles. The van der Waals surface area contributed by atoms with Crippen LogP contribution in [0.4, 0.5) is 4.39 Å². The highest BCUT2D eigenvalue weighted by Crippen LogP contribution is 2.31. The normalized spacial score (nSPS) is 21.6. The third-order valence-corrected chi connectivity index (χ3v) is 3.75. The van der Waals surface area contributed by atoms with Crippen molar-refractivity contribution in [3.8, 4) is 0 Å². The molecule has 1 amide bonds. The summed E-state index contributed by atoms with van der Waals surface area (Å²) in [6.07, 6.45) is 2.18. The molecule has 1 saturated carbocycles. The van der Waals surface area contributed by atoms with E-state index in [-0.39, 0.29) is 17.6 Å². The van der Waals surface area contributed by atoms with Gasteiger partial charge in [-0.05, 0) is 43.4 Å². The standard InChI is InChI=1S/C15H18FNO3/c16-13-3-1-2-10(8-13)6-7-17-14(18)11-4-5-12(9-11)15(19)20/h1-3,8,11-12H,4-7,9H2,(H,17,18)(H,19,20)/t11-,12+/m0/s1. The minimum absolute atomic E-state index is 0.0925. The van der Waals surface area contributed by atoms with Crippen LogP contribution in [-0.2, 0) is 16.0 Å². The van der Waals surface area contributed by atoms with E-state index in [9.17, 15) is 14.0 Å². The molecule has 20 heavy (non-hydrogen) atoms. The molecule has 2 N–H and O–H groups in total. The van der Waals surface area contributed by atoms with Gasteiger partial charge in [0.15, 0.2) is 0 Å². The van der Waals surface area contributed by atoms with Crippen molar-refractivity contribution in [2.45, 2.75) is 25.7 Å². The molecule has 1 aromatic carbocycles. The SMILES string of the molecule is O=C(O)[C@@H]1CC[C@H](C(=O)NCCc2cccc(F)c2)C1. The summed E-state index contributed by atoms with van der Waals surface area (Å²) in [7, 11) is 0. The molecule has 0 unspecified atom stereocenters. The smallest absolute Gasteiger partial charge is 0.306 e. The first-order chi connectivity index (χ1) is 9.56. The van der Waals surface area contributed by atoms with E-state index in [1.54, 1.807) is 6.07 Å². The van der Waals surface area contributed by atoms with E-state index in [1.807, 2.05) is 6.07 Å². The van der Waals surface area contributed by atoms with Crippen LogP contribution in [0.15, 0.2) is 24.3 Å². The van der Waals surface area contributed by atoms with Crippen molar-refractivity contribution in [2.24, 2.45) is 11.8 Å². The lowest BCUT2D eigenvalue weighted by Crippen LogP contribution is -2.31. The third kappa shape index (κ3) is 3.79. The Hall–Kier alpha value is -1.91. The zero-order chi connectivity index (χ0) is 14.5. The van der Waals surface area contributed by atoms with Crippen LogP contribution in [-0.4, -0.2) is 23.5 Å². The maximum Gasteiger partial charge on any atom is 0.306 e. The Kier molecular flexibility index (Phi) is 4.71. The largest absolute Gasteiger partial charge is 0.481 e. The second-order valence-electron chi connectivity index (χ2n) is 5.22. The molecule has 1 fully saturated rings. The second-order valence-corrected chi connectivity index (χ2v) is 5.22. The molecule has 108 valence electrons. The Morgan fingerprint density at radius 3 is 2.70 bits per heavy atom. The molecule has 4 nitrogen and oxygen atoms in total. The molecule has 0 spiro atoms. The first-order valence-electron chi connectivity index (χ1n) is 6.81. The summed E-state index contributed by atoms with van der Waals surface area (Å²) < 4.78 is 13.0. The first-order valence-corrected chi connectivity index (χ1v) is 6.81. The zero-order valence-electron chi connectivity index (χ0n) is 11.1. The number of carboxylic acids is 1. The summed E-state index contributed by atoms with van der Waals surface area (Å²) in [5, 5.41) is 11.7. The second kappa shape index (κ2) is 6.50. The molecule has 2 rings (SSSR count). The van der Waals surface area contributed by atoms with Crippen LogP contribution in [0, 0.1) is 17.7 Å². The van der Waals surface area contributed by atoms with Crippen molar-refractivity contribution in [2.75, 3.05) is 6.54 Å². The average molecular weight is 279 g/mol. The van der Waals surface area contributed by atoms with Gasteiger partial charge in [0.2, 0.25) is 5.91 Å². The predicted octanol–water partition coefficient (Wildman–Crippen LogP) is 1.99. The number of hydrogen-bond donors (Lipinski definition) is 2. The number of halogens is 1. The average Bonchev–Trinajstić information content (AvgIpc) is 2.88. The predicted molar refractivity (Wildman–Crippen MR) is 71.6 cm³/mol. The van der Waals surface area contributed by atoms with Gasteiger partial charge >= 0.3 is 5.97 Å². The Balaban J connectivity index is 1.75. The molecule has 1 aliphatic rings. The van der Waals surface area contributed by atoms with Gasteiger partial charge in [-0.1, -0.05) is 12.1 Å². The zero-order valence-corrected chi connectivity index (χ0v) is 11.1. The summed E-state index contributed by atoms with van der Waals surface area (Å²) in [5.41, 5.74) is 0.833. The van der Waals surface area contributed by atoms with Gasteiger partial charge in [-0.3, -0.25) is 9.59 Å². The number of hydrogen-bond acceptors (Lipinski definition) is 2. The lowest BCUT2D eigenvalue weighted by atomic mass is 10.0. The molecule has 5 heteroatoms. The number of nitrogens with one attached hydrogen (secondary N) is 1. The molecular formula is C15H18FNO3. The Labute approximate surface area is 117 Å². The van der Waals surface area contributed by atoms with E-state index in [1.165, 1.54) is 12.1 Å².